The van der Waals surface area contributed by atoms with E-state index in [-0.39, 0.29) is 33.4 Å². The van der Waals surface area contributed by atoms with Crippen molar-refractivity contribution in [1.29, 1.82) is 0 Å². The molecule has 0 aliphatic heterocycles. The molecular weight excluding hydrogens is 413 g/mol. The highest BCUT2D eigenvalue weighted by Crippen LogP contribution is 2.21. The number of nitrogens with zero attached hydrogens (tertiary/aromatic N) is 1. The summed E-state index contributed by atoms with van der Waals surface area (Å²) in [5.74, 6) is -1.43. The van der Waals surface area contributed by atoms with Gasteiger partial charge in [-0.1, -0.05) is 17.7 Å². The number of ketones is 1. The largest absolute Gasteiger partial charge is 0.423 e. The third-order valence-corrected chi connectivity index (χ3v) is 4.39. The van der Waals surface area contributed by atoms with Crippen molar-refractivity contribution in [2.24, 2.45) is 0 Å². The number of benzene rings is 3. The molecule has 0 saturated carbocycles. The zero-order valence-electron chi connectivity index (χ0n) is 15.2. The average molecular weight is 426 g/mol. The zero-order chi connectivity index (χ0) is 21.7. The number of carbonyl (C=O) groups excluding carboxylic acids is 2. The van der Waals surface area contributed by atoms with Crippen LogP contribution in [0.3, 0.4) is 0 Å². The molecule has 0 N–H and O–H groups in total. The van der Waals surface area contributed by atoms with Crippen LogP contribution in [0.15, 0.2) is 72.8 Å². The molecule has 8 heteroatoms. The van der Waals surface area contributed by atoms with Gasteiger partial charge in [-0.2, -0.15) is 0 Å². The van der Waals surface area contributed by atoms with E-state index in [9.17, 15) is 24.1 Å². The van der Waals surface area contributed by atoms with E-state index in [1.54, 1.807) is 0 Å². The van der Waals surface area contributed by atoms with Gasteiger partial charge in [0, 0.05) is 23.3 Å². The van der Waals surface area contributed by atoms with Gasteiger partial charge in [0.2, 0.25) is 0 Å². The third-order valence-electron chi connectivity index (χ3n) is 4.06. The smallest absolute Gasteiger partial charge is 0.343 e. The van der Waals surface area contributed by atoms with Crippen molar-refractivity contribution in [3.8, 4) is 5.75 Å². The van der Waals surface area contributed by atoms with Crippen molar-refractivity contribution in [2.75, 3.05) is 0 Å². The fourth-order valence-electron chi connectivity index (χ4n) is 2.50. The molecule has 0 unspecified atom stereocenters. The number of nitro groups is 1. The monoisotopic (exact) mass is 425 g/mol. The van der Waals surface area contributed by atoms with Gasteiger partial charge in [0.25, 0.3) is 5.69 Å². The lowest BCUT2D eigenvalue weighted by Crippen LogP contribution is -2.08. The number of ether oxygens (including phenoxy) is 1. The Balaban J connectivity index is 1.67. The maximum atomic E-state index is 13.8. The molecule has 0 radical (unpaired) electrons. The molecule has 3 aromatic carbocycles. The first kappa shape index (κ1) is 20.9. The van der Waals surface area contributed by atoms with Crippen LogP contribution in [0.5, 0.6) is 5.75 Å². The van der Waals surface area contributed by atoms with Crippen LogP contribution >= 0.6 is 11.6 Å². The van der Waals surface area contributed by atoms with E-state index in [0.717, 1.165) is 0 Å². The Morgan fingerprint density at radius 2 is 1.60 bits per heavy atom. The number of rotatable bonds is 6. The van der Waals surface area contributed by atoms with Crippen molar-refractivity contribution < 1.29 is 23.6 Å². The van der Waals surface area contributed by atoms with Crippen molar-refractivity contribution in [3.05, 3.63) is 110 Å². The maximum Gasteiger partial charge on any atom is 0.343 e. The SMILES string of the molecule is O=C(C=Cc1c(F)cccc1Cl)c1ccc(OC(=O)c2ccc([N+](=O)[O-])cc2)cc1. The Hall–Kier alpha value is -3.84. The molecule has 0 spiro atoms. The zero-order valence-corrected chi connectivity index (χ0v) is 16.0. The highest BCUT2D eigenvalue weighted by molar-refractivity contribution is 6.32. The van der Waals surface area contributed by atoms with Crippen LogP contribution in [-0.2, 0) is 0 Å². The van der Waals surface area contributed by atoms with E-state index in [4.69, 9.17) is 16.3 Å². The summed E-state index contributed by atoms with van der Waals surface area (Å²) < 4.78 is 18.9. The van der Waals surface area contributed by atoms with E-state index in [2.05, 4.69) is 0 Å². The van der Waals surface area contributed by atoms with Gasteiger partial charge in [-0.15, -0.1) is 0 Å². The lowest BCUT2D eigenvalue weighted by molar-refractivity contribution is -0.384. The molecule has 0 bridgehead atoms. The molecule has 0 fully saturated rings. The predicted molar refractivity (Wildman–Crippen MR) is 109 cm³/mol. The van der Waals surface area contributed by atoms with E-state index in [1.807, 2.05) is 0 Å². The van der Waals surface area contributed by atoms with Gasteiger partial charge in [-0.05, 0) is 60.7 Å². The molecule has 0 aliphatic rings. The number of nitro benzene ring substituents is 1. The second-order valence-electron chi connectivity index (χ2n) is 6.05. The van der Waals surface area contributed by atoms with Crippen molar-refractivity contribution in [3.63, 3.8) is 0 Å². The number of carbonyl (C=O) groups is 2. The van der Waals surface area contributed by atoms with Crippen molar-refractivity contribution in [2.45, 2.75) is 0 Å². The molecule has 6 nitrogen and oxygen atoms in total. The molecule has 0 amide bonds. The van der Waals surface area contributed by atoms with Crippen LogP contribution in [0.25, 0.3) is 6.08 Å². The van der Waals surface area contributed by atoms with E-state index in [1.165, 1.54) is 78.9 Å². The molecule has 0 saturated heterocycles. The second kappa shape index (κ2) is 9.11. The maximum absolute atomic E-state index is 13.8. The summed E-state index contributed by atoms with van der Waals surface area (Å²) in [4.78, 5) is 34.5. The lowest BCUT2D eigenvalue weighted by atomic mass is 10.1. The Labute approximate surface area is 175 Å². The molecule has 150 valence electrons. The van der Waals surface area contributed by atoms with Crippen LogP contribution < -0.4 is 4.74 Å². The minimum absolute atomic E-state index is 0.112. The molecule has 30 heavy (non-hydrogen) atoms. The van der Waals surface area contributed by atoms with Gasteiger partial charge >= 0.3 is 5.97 Å². The molecule has 3 aromatic rings. The quantitative estimate of drug-likeness (QED) is 0.130. The number of hydrogen-bond acceptors (Lipinski definition) is 5. The first-order valence-corrected chi connectivity index (χ1v) is 8.96. The average Bonchev–Trinajstić information content (AvgIpc) is 2.73. The second-order valence-corrected chi connectivity index (χ2v) is 6.46. The van der Waals surface area contributed by atoms with Crippen molar-refractivity contribution in [1.82, 2.24) is 0 Å². The summed E-state index contributed by atoms with van der Waals surface area (Å²) in [6.07, 6.45) is 2.49. The standard InChI is InChI=1S/C22H13ClFNO5/c23-19-2-1-3-20(24)18(19)12-13-21(26)14-6-10-17(11-7-14)30-22(27)15-4-8-16(9-5-15)25(28)29/h1-13H. The topological polar surface area (TPSA) is 86.5 Å². The van der Waals surface area contributed by atoms with Crippen LogP contribution in [0.1, 0.15) is 26.3 Å². The summed E-state index contributed by atoms with van der Waals surface area (Å²) in [6.45, 7) is 0. The van der Waals surface area contributed by atoms with E-state index >= 15 is 0 Å². The minimum atomic E-state index is -0.696. The van der Waals surface area contributed by atoms with Crippen LogP contribution in [0, 0.1) is 15.9 Å². The Morgan fingerprint density at radius 1 is 0.967 bits per heavy atom. The molecule has 3 rings (SSSR count). The summed E-state index contributed by atoms with van der Waals surface area (Å²) in [6, 6.07) is 15.0. The number of non-ortho nitro benzene ring substituents is 1. The van der Waals surface area contributed by atoms with Gasteiger partial charge in [-0.3, -0.25) is 14.9 Å². The van der Waals surface area contributed by atoms with E-state index in [0.29, 0.717) is 5.56 Å². The predicted octanol–water partition coefficient (Wildman–Crippen LogP) is 5.50. The number of allylic oxidation sites excluding steroid dienone is 1. The summed E-state index contributed by atoms with van der Waals surface area (Å²) in [7, 11) is 0. The van der Waals surface area contributed by atoms with E-state index < -0.39 is 16.7 Å². The fraction of sp³-hybridized carbons (Fsp3) is 0. The Bertz CT molecular complexity index is 1120. The molecule has 0 atom stereocenters. The number of hydrogen-bond donors (Lipinski definition) is 0. The van der Waals surface area contributed by atoms with Gasteiger partial charge < -0.3 is 4.74 Å². The summed E-state index contributed by atoms with van der Waals surface area (Å²) >= 11 is 5.92. The number of halogens is 2. The summed E-state index contributed by atoms with van der Waals surface area (Å²) in [5.41, 5.74) is 0.416. The van der Waals surface area contributed by atoms with Gasteiger partial charge in [0.05, 0.1) is 15.5 Å². The first-order valence-electron chi connectivity index (χ1n) is 8.58. The van der Waals surface area contributed by atoms with Gasteiger partial charge in [0.15, 0.2) is 5.78 Å². The van der Waals surface area contributed by atoms with Crippen LogP contribution in [-0.4, -0.2) is 16.7 Å². The molecule has 0 heterocycles. The minimum Gasteiger partial charge on any atom is -0.423 e. The highest BCUT2D eigenvalue weighted by Gasteiger charge is 2.12. The summed E-state index contributed by atoms with van der Waals surface area (Å²) in [5, 5.41) is 10.8. The normalized spacial score (nSPS) is 10.7. The fourth-order valence-corrected chi connectivity index (χ4v) is 2.72. The molecule has 0 aliphatic carbocycles. The van der Waals surface area contributed by atoms with Crippen LogP contribution in [0.4, 0.5) is 10.1 Å². The van der Waals surface area contributed by atoms with Gasteiger partial charge in [-0.25, -0.2) is 9.18 Å². The lowest BCUT2D eigenvalue weighted by Gasteiger charge is -2.05. The van der Waals surface area contributed by atoms with Gasteiger partial charge in [0.1, 0.15) is 11.6 Å². The molecular formula is C22H13ClFNO5. The number of esters is 1. The highest BCUT2D eigenvalue weighted by atomic mass is 35.5. The Kier molecular flexibility index (Phi) is 6.34. The van der Waals surface area contributed by atoms with Crippen molar-refractivity contribution >= 4 is 35.1 Å². The first-order chi connectivity index (χ1) is 14.3. The Morgan fingerprint density at radius 3 is 2.20 bits per heavy atom. The molecule has 0 aromatic heterocycles. The van der Waals surface area contributed by atoms with Crippen LogP contribution in [0.2, 0.25) is 5.02 Å². The third kappa shape index (κ3) is 4.95.